The van der Waals surface area contributed by atoms with E-state index in [9.17, 15) is 15.3 Å². The molecule has 0 aromatic rings. The van der Waals surface area contributed by atoms with Crippen molar-refractivity contribution in [3.8, 4) is 0 Å². The van der Waals surface area contributed by atoms with E-state index in [1.807, 2.05) is 0 Å². The highest BCUT2D eigenvalue weighted by Gasteiger charge is 2.69. The van der Waals surface area contributed by atoms with Gasteiger partial charge in [-0.05, 0) is 97.2 Å². The van der Waals surface area contributed by atoms with Gasteiger partial charge in [0.25, 0.3) is 0 Å². The normalized spacial score (nSPS) is 57.8. The zero-order chi connectivity index (χ0) is 24.2. The lowest BCUT2D eigenvalue weighted by Crippen LogP contribution is -2.66. The molecule has 5 aliphatic rings. The van der Waals surface area contributed by atoms with Gasteiger partial charge in [0.05, 0.1) is 18.8 Å². The molecular formula is C30H50O3. The maximum Gasteiger partial charge on any atom is 0.0618 e. The first kappa shape index (κ1) is 24.3. The molecule has 0 aromatic heterocycles. The smallest absolute Gasteiger partial charge is 0.0618 e. The van der Waals surface area contributed by atoms with Crippen molar-refractivity contribution in [2.45, 2.75) is 118 Å². The van der Waals surface area contributed by atoms with Gasteiger partial charge in [-0.3, -0.25) is 0 Å². The summed E-state index contributed by atoms with van der Waals surface area (Å²) in [5.41, 5.74) is 2.04. The van der Waals surface area contributed by atoms with Gasteiger partial charge in [0.15, 0.2) is 0 Å². The van der Waals surface area contributed by atoms with E-state index in [1.165, 1.54) is 19.3 Å². The molecule has 3 N–H and O–H groups in total. The number of hydrogen-bond acceptors (Lipinski definition) is 3. The Labute approximate surface area is 202 Å². The molecule has 0 saturated heterocycles. The van der Waals surface area contributed by atoms with E-state index in [4.69, 9.17) is 0 Å². The summed E-state index contributed by atoms with van der Waals surface area (Å²) in [6, 6.07) is 0. The van der Waals surface area contributed by atoms with Crippen molar-refractivity contribution < 1.29 is 15.3 Å². The maximum absolute atomic E-state index is 11.3. The Hall–Kier alpha value is -0.380. The van der Waals surface area contributed by atoms with Crippen LogP contribution in [0.4, 0.5) is 0 Å². The molecule has 2 unspecified atom stereocenters. The molecule has 3 heteroatoms. The van der Waals surface area contributed by atoms with Gasteiger partial charge in [-0.15, -0.1) is 0 Å². The highest BCUT2D eigenvalue weighted by molar-refractivity contribution is 5.34. The monoisotopic (exact) mass is 458 g/mol. The molecule has 5 aliphatic carbocycles. The molecule has 0 amide bonds. The zero-order valence-corrected chi connectivity index (χ0v) is 22.4. The van der Waals surface area contributed by atoms with E-state index in [2.05, 4.69) is 54.5 Å². The summed E-state index contributed by atoms with van der Waals surface area (Å²) < 4.78 is 0. The van der Waals surface area contributed by atoms with Gasteiger partial charge in [-0.2, -0.15) is 0 Å². The van der Waals surface area contributed by atoms with E-state index < -0.39 is 6.10 Å². The van der Waals surface area contributed by atoms with Gasteiger partial charge in [-0.1, -0.05) is 60.1 Å². The minimum atomic E-state index is -0.392. The Balaban J connectivity index is 1.58. The van der Waals surface area contributed by atoms with Gasteiger partial charge in [0.2, 0.25) is 0 Å². The number of rotatable bonds is 1. The van der Waals surface area contributed by atoms with Crippen molar-refractivity contribution in [3.05, 3.63) is 11.6 Å². The molecule has 0 spiro atoms. The van der Waals surface area contributed by atoms with E-state index in [0.29, 0.717) is 17.8 Å². The zero-order valence-electron chi connectivity index (χ0n) is 22.4. The van der Waals surface area contributed by atoms with Crippen LogP contribution in [0, 0.1) is 50.2 Å². The molecule has 10 atom stereocenters. The van der Waals surface area contributed by atoms with Crippen LogP contribution >= 0.6 is 0 Å². The van der Waals surface area contributed by atoms with Crippen LogP contribution in [0.5, 0.6) is 0 Å². The molecule has 5 rings (SSSR count). The minimum absolute atomic E-state index is 0.00950. The van der Waals surface area contributed by atoms with Crippen LogP contribution in [0.15, 0.2) is 11.6 Å². The van der Waals surface area contributed by atoms with Crippen LogP contribution in [0.2, 0.25) is 0 Å². The van der Waals surface area contributed by atoms with E-state index in [-0.39, 0.29) is 45.2 Å². The third-order valence-corrected chi connectivity index (χ3v) is 13.2. The largest absolute Gasteiger partial charge is 0.396 e. The Kier molecular flexibility index (Phi) is 5.23. The average Bonchev–Trinajstić information content (AvgIpc) is 2.73. The van der Waals surface area contributed by atoms with E-state index in [0.717, 1.165) is 38.5 Å². The Morgan fingerprint density at radius 1 is 0.788 bits per heavy atom. The van der Waals surface area contributed by atoms with Crippen molar-refractivity contribution in [2.75, 3.05) is 6.61 Å². The second-order valence-electron chi connectivity index (χ2n) is 15.2. The lowest BCUT2D eigenvalue weighted by Gasteiger charge is -2.71. The molecule has 4 fully saturated rings. The van der Waals surface area contributed by atoms with Crippen LogP contribution in [-0.2, 0) is 0 Å². The van der Waals surface area contributed by atoms with Crippen LogP contribution in [0.3, 0.4) is 0 Å². The summed E-state index contributed by atoms with van der Waals surface area (Å²) in [5.74, 6) is 1.44. The number of hydrogen-bond donors (Lipinski definition) is 3. The molecule has 33 heavy (non-hydrogen) atoms. The van der Waals surface area contributed by atoms with Gasteiger partial charge in [0, 0.05) is 10.8 Å². The van der Waals surface area contributed by atoms with Gasteiger partial charge in [-0.25, -0.2) is 0 Å². The number of allylic oxidation sites excluding steroid dienone is 2. The highest BCUT2D eigenvalue weighted by atomic mass is 16.3. The SMILES string of the molecule is CC1(C)CC(O)[C@]2(C)CC[C@]3(C)C(=CC[C@H]4[C@@]5(C)CCC(O)[C@](C)(CO)[C@H]5CC[C@]43C)[C@H]2C1. The van der Waals surface area contributed by atoms with E-state index in [1.54, 1.807) is 5.57 Å². The maximum atomic E-state index is 11.3. The molecule has 4 saturated carbocycles. The number of aliphatic hydroxyl groups excluding tert-OH is 3. The average molecular weight is 459 g/mol. The van der Waals surface area contributed by atoms with Crippen LogP contribution in [0.25, 0.3) is 0 Å². The van der Waals surface area contributed by atoms with E-state index >= 15 is 0 Å². The van der Waals surface area contributed by atoms with Crippen molar-refractivity contribution >= 4 is 0 Å². The number of fused-ring (bicyclic) bond motifs is 7. The third kappa shape index (κ3) is 2.91. The summed E-state index contributed by atoms with van der Waals surface area (Å²) in [4.78, 5) is 0. The fourth-order valence-corrected chi connectivity index (χ4v) is 10.7. The topological polar surface area (TPSA) is 60.7 Å². The van der Waals surface area contributed by atoms with Crippen molar-refractivity contribution in [1.29, 1.82) is 0 Å². The molecule has 188 valence electrons. The first-order valence-electron chi connectivity index (χ1n) is 13.9. The van der Waals surface area contributed by atoms with Crippen LogP contribution < -0.4 is 0 Å². The fraction of sp³-hybridized carbons (Fsp3) is 0.933. The van der Waals surface area contributed by atoms with Crippen molar-refractivity contribution in [3.63, 3.8) is 0 Å². The van der Waals surface area contributed by atoms with Crippen LogP contribution in [0.1, 0.15) is 106 Å². The lowest BCUT2D eigenvalue weighted by atomic mass is 9.33. The summed E-state index contributed by atoms with van der Waals surface area (Å²) >= 11 is 0. The summed E-state index contributed by atoms with van der Waals surface area (Å²) in [6.45, 7) is 17.0. The summed E-state index contributed by atoms with van der Waals surface area (Å²) in [5, 5.41) is 32.6. The first-order valence-corrected chi connectivity index (χ1v) is 13.9. The van der Waals surface area contributed by atoms with Crippen LogP contribution in [-0.4, -0.2) is 34.1 Å². The molecule has 3 nitrogen and oxygen atoms in total. The van der Waals surface area contributed by atoms with Gasteiger partial charge >= 0.3 is 0 Å². The Morgan fingerprint density at radius 2 is 1.48 bits per heavy atom. The second kappa shape index (κ2) is 7.10. The Bertz CT molecular complexity index is 847. The van der Waals surface area contributed by atoms with Gasteiger partial charge in [0.1, 0.15) is 0 Å². The van der Waals surface area contributed by atoms with Gasteiger partial charge < -0.3 is 15.3 Å². The molecule has 0 aliphatic heterocycles. The first-order chi connectivity index (χ1) is 15.2. The Morgan fingerprint density at radius 3 is 2.15 bits per heavy atom. The van der Waals surface area contributed by atoms with Crippen molar-refractivity contribution in [1.82, 2.24) is 0 Å². The minimum Gasteiger partial charge on any atom is -0.396 e. The van der Waals surface area contributed by atoms with Crippen molar-refractivity contribution in [2.24, 2.45) is 50.2 Å². The fourth-order valence-electron chi connectivity index (χ4n) is 10.7. The summed E-state index contributed by atoms with van der Waals surface area (Å²) in [6.07, 6.45) is 11.7. The molecule has 0 bridgehead atoms. The number of aliphatic hydroxyl groups is 3. The predicted octanol–water partition coefficient (Wildman–Crippen LogP) is 6.11. The quantitative estimate of drug-likeness (QED) is 0.415. The second-order valence-corrected chi connectivity index (χ2v) is 15.2. The predicted molar refractivity (Wildman–Crippen MR) is 134 cm³/mol. The molecule has 0 radical (unpaired) electrons. The summed E-state index contributed by atoms with van der Waals surface area (Å²) in [7, 11) is 0. The molecule has 0 heterocycles. The highest BCUT2D eigenvalue weighted by Crippen LogP contribution is 2.75. The molecular weight excluding hydrogens is 408 g/mol. The lowest BCUT2D eigenvalue weighted by molar-refractivity contribution is -0.218. The third-order valence-electron chi connectivity index (χ3n) is 13.2. The standard InChI is InChI=1S/C30H50O3/c1-25(2)16-20-19-8-9-22-27(4)12-11-23(32)28(5,18-31)21(27)10-13-30(22,7)29(19,6)15-14-26(20,3)24(33)17-25/h8,20-24,31-33H,9-18H2,1-7H3/t20-,21+,22+,23?,24?,26-,27+,28-,29-,30-/m1/s1. The molecule has 0 aromatic carbocycles.